The molecule has 6 nitrogen and oxygen atoms in total. The third-order valence-electron chi connectivity index (χ3n) is 3.26. The zero-order chi connectivity index (χ0) is 12.3. The van der Waals surface area contributed by atoms with Gasteiger partial charge in [-0.2, -0.15) is 0 Å². The molecule has 0 bridgehead atoms. The van der Waals surface area contributed by atoms with E-state index in [9.17, 15) is 9.59 Å². The van der Waals surface area contributed by atoms with E-state index in [2.05, 4.69) is 5.32 Å². The number of carboxylic acid groups (broad SMARTS) is 1. The fourth-order valence-corrected chi connectivity index (χ4v) is 2.37. The van der Waals surface area contributed by atoms with Gasteiger partial charge < -0.3 is 20.1 Å². The quantitative estimate of drug-likeness (QED) is 0.684. The number of aliphatic carboxylic acids is 1. The summed E-state index contributed by atoms with van der Waals surface area (Å²) in [5.74, 6) is -0.710. The summed E-state index contributed by atoms with van der Waals surface area (Å²) in [5, 5.41) is 11.8. The number of rotatable bonds is 3. The second kappa shape index (κ2) is 5.46. The van der Waals surface area contributed by atoms with Crippen molar-refractivity contribution in [3.05, 3.63) is 0 Å². The molecule has 2 fully saturated rings. The molecule has 96 valence electrons. The number of morpholine rings is 1. The average molecular weight is 242 g/mol. The molecular weight excluding hydrogens is 224 g/mol. The zero-order valence-corrected chi connectivity index (χ0v) is 9.72. The van der Waals surface area contributed by atoms with Gasteiger partial charge in [0.05, 0.1) is 6.61 Å². The third-order valence-corrected chi connectivity index (χ3v) is 3.26. The van der Waals surface area contributed by atoms with E-state index >= 15 is 0 Å². The minimum absolute atomic E-state index is 0.00918. The van der Waals surface area contributed by atoms with Gasteiger partial charge in [0, 0.05) is 32.6 Å². The number of hydrogen-bond donors (Lipinski definition) is 2. The lowest BCUT2D eigenvalue weighted by atomic mass is 10.1. The first-order valence-electron chi connectivity index (χ1n) is 5.99. The van der Waals surface area contributed by atoms with Crippen molar-refractivity contribution in [1.29, 1.82) is 0 Å². The Morgan fingerprint density at radius 3 is 2.94 bits per heavy atom. The molecule has 6 heteroatoms. The van der Waals surface area contributed by atoms with Gasteiger partial charge in [-0.3, -0.25) is 9.59 Å². The monoisotopic (exact) mass is 242 g/mol. The first-order valence-corrected chi connectivity index (χ1v) is 5.99. The third kappa shape index (κ3) is 3.17. The summed E-state index contributed by atoms with van der Waals surface area (Å²) >= 11 is 0. The summed E-state index contributed by atoms with van der Waals surface area (Å²) in [7, 11) is 0. The van der Waals surface area contributed by atoms with Crippen LogP contribution in [0.2, 0.25) is 0 Å². The van der Waals surface area contributed by atoms with Crippen molar-refractivity contribution in [2.75, 3.05) is 32.8 Å². The van der Waals surface area contributed by atoms with Crippen LogP contribution in [0.4, 0.5) is 0 Å². The van der Waals surface area contributed by atoms with Crippen molar-refractivity contribution in [3.63, 3.8) is 0 Å². The molecule has 2 rings (SSSR count). The number of carbonyl (C=O) groups is 2. The number of likely N-dealkylation sites (tertiary alicyclic amines) is 1. The van der Waals surface area contributed by atoms with Crippen molar-refractivity contribution >= 4 is 11.9 Å². The molecule has 2 aliphatic heterocycles. The largest absolute Gasteiger partial charge is 0.481 e. The summed E-state index contributed by atoms with van der Waals surface area (Å²) in [6.45, 7) is 3.09. The van der Waals surface area contributed by atoms with Gasteiger partial charge >= 0.3 is 5.97 Å². The molecule has 1 amide bonds. The Balaban J connectivity index is 1.82. The maximum Gasteiger partial charge on any atom is 0.303 e. The molecule has 2 unspecified atom stereocenters. The molecule has 0 aromatic heterocycles. The van der Waals surface area contributed by atoms with Crippen LogP contribution in [0.1, 0.15) is 12.8 Å². The molecule has 0 radical (unpaired) electrons. The molecule has 0 spiro atoms. The predicted octanol–water partition coefficient (Wildman–Crippen LogP) is -0.702. The topological polar surface area (TPSA) is 78.9 Å². The molecule has 2 aliphatic rings. The summed E-state index contributed by atoms with van der Waals surface area (Å²) in [6, 6.07) is 0. The summed E-state index contributed by atoms with van der Waals surface area (Å²) in [5.41, 5.74) is 0. The van der Waals surface area contributed by atoms with Crippen molar-refractivity contribution in [3.8, 4) is 0 Å². The number of nitrogens with zero attached hydrogens (tertiary/aromatic N) is 1. The Morgan fingerprint density at radius 2 is 2.29 bits per heavy atom. The van der Waals surface area contributed by atoms with Gasteiger partial charge in [-0.25, -0.2) is 0 Å². The van der Waals surface area contributed by atoms with E-state index in [0.29, 0.717) is 26.2 Å². The summed E-state index contributed by atoms with van der Waals surface area (Å²) in [4.78, 5) is 24.4. The Morgan fingerprint density at radius 1 is 1.47 bits per heavy atom. The van der Waals surface area contributed by atoms with Gasteiger partial charge in [-0.15, -0.1) is 0 Å². The van der Waals surface area contributed by atoms with Crippen LogP contribution in [0.5, 0.6) is 0 Å². The number of carbonyl (C=O) groups excluding carboxylic acids is 1. The normalized spacial score (nSPS) is 29.3. The molecule has 2 saturated heterocycles. The molecule has 2 N–H and O–H groups in total. The summed E-state index contributed by atoms with van der Waals surface area (Å²) < 4.78 is 5.40. The average Bonchev–Trinajstić information content (AvgIpc) is 2.77. The van der Waals surface area contributed by atoms with E-state index in [1.165, 1.54) is 0 Å². The van der Waals surface area contributed by atoms with Crippen LogP contribution in [0.25, 0.3) is 0 Å². The van der Waals surface area contributed by atoms with Crippen molar-refractivity contribution in [1.82, 2.24) is 10.2 Å². The summed E-state index contributed by atoms with van der Waals surface area (Å²) in [6.07, 6.45) is 0.526. The highest BCUT2D eigenvalue weighted by Gasteiger charge is 2.32. The molecule has 0 aromatic carbocycles. The lowest BCUT2D eigenvalue weighted by molar-refractivity contribution is -0.144. The number of amides is 1. The van der Waals surface area contributed by atoms with Crippen LogP contribution in [-0.4, -0.2) is 60.8 Å². The maximum atomic E-state index is 12.0. The Hall–Kier alpha value is -1.14. The van der Waals surface area contributed by atoms with Crippen molar-refractivity contribution < 1.29 is 19.4 Å². The molecule has 0 aliphatic carbocycles. The van der Waals surface area contributed by atoms with Crippen LogP contribution in [0.3, 0.4) is 0 Å². The van der Waals surface area contributed by atoms with E-state index in [4.69, 9.17) is 9.84 Å². The Labute approximate surface area is 99.9 Å². The minimum atomic E-state index is -0.792. The predicted molar refractivity (Wildman–Crippen MR) is 59.5 cm³/mol. The molecule has 0 saturated carbocycles. The van der Waals surface area contributed by atoms with Gasteiger partial charge in [0.15, 0.2) is 0 Å². The zero-order valence-electron chi connectivity index (χ0n) is 9.72. The van der Waals surface area contributed by atoms with E-state index in [-0.39, 0.29) is 18.2 Å². The Bertz CT molecular complexity index is 302. The standard InChI is InChI=1S/C11H18N2O4/c14-10(15)5-8-1-3-13(7-8)11(16)9-6-12-2-4-17-9/h8-9,12H,1-7H2,(H,14,15). The van der Waals surface area contributed by atoms with Crippen LogP contribution >= 0.6 is 0 Å². The molecule has 17 heavy (non-hydrogen) atoms. The van der Waals surface area contributed by atoms with Crippen molar-refractivity contribution in [2.45, 2.75) is 18.9 Å². The highest BCUT2D eigenvalue weighted by Crippen LogP contribution is 2.20. The van der Waals surface area contributed by atoms with Crippen LogP contribution in [0, 0.1) is 5.92 Å². The van der Waals surface area contributed by atoms with Gasteiger partial charge in [0.25, 0.3) is 5.91 Å². The second-order valence-electron chi connectivity index (χ2n) is 4.60. The lowest BCUT2D eigenvalue weighted by Crippen LogP contribution is -2.48. The molecule has 2 atom stereocenters. The fraction of sp³-hybridized carbons (Fsp3) is 0.818. The fourth-order valence-electron chi connectivity index (χ4n) is 2.37. The van der Waals surface area contributed by atoms with Crippen LogP contribution in [-0.2, 0) is 14.3 Å². The van der Waals surface area contributed by atoms with E-state index in [1.54, 1.807) is 4.90 Å². The molecular formula is C11H18N2O4. The second-order valence-corrected chi connectivity index (χ2v) is 4.60. The van der Waals surface area contributed by atoms with Crippen LogP contribution in [0.15, 0.2) is 0 Å². The highest BCUT2D eigenvalue weighted by atomic mass is 16.5. The number of carboxylic acids is 1. The van der Waals surface area contributed by atoms with Gasteiger partial charge in [0.1, 0.15) is 6.10 Å². The number of nitrogens with one attached hydrogen (secondary N) is 1. The molecule has 0 aromatic rings. The van der Waals surface area contributed by atoms with E-state index in [1.807, 2.05) is 0 Å². The number of ether oxygens (including phenoxy) is 1. The highest BCUT2D eigenvalue weighted by molar-refractivity contribution is 5.81. The van der Waals surface area contributed by atoms with Crippen LogP contribution < -0.4 is 5.32 Å². The number of hydrogen-bond acceptors (Lipinski definition) is 4. The lowest BCUT2D eigenvalue weighted by Gasteiger charge is -2.27. The van der Waals surface area contributed by atoms with Gasteiger partial charge in [0.2, 0.25) is 0 Å². The Kier molecular flexibility index (Phi) is 3.96. The first kappa shape index (κ1) is 12.3. The SMILES string of the molecule is O=C(O)CC1CCN(C(=O)C2CNCCO2)C1. The first-order chi connectivity index (χ1) is 8.16. The minimum Gasteiger partial charge on any atom is -0.481 e. The van der Waals surface area contributed by atoms with E-state index in [0.717, 1.165) is 13.0 Å². The smallest absolute Gasteiger partial charge is 0.303 e. The van der Waals surface area contributed by atoms with Gasteiger partial charge in [-0.05, 0) is 12.3 Å². The van der Waals surface area contributed by atoms with E-state index < -0.39 is 12.1 Å². The van der Waals surface area contributed by atoms with Gasteiger partial charge in [-0.1, -0.05) is 0 Å². The van der Waals surface area contributed by atoms with Crippen molar-refractivity contribution in [2.24, 2.45) is 5.92 Å². The molecule has 2 heterocycles. The maximum absolute atomic E-state index is 12.0.